The molecule has 2 amide bonds. The van der Waals surface area contributed by atoms with Gasteiger partial charge < -0.3 is 10.2 Å². The Hall–Kier alpha value is -1.81. The van der Waals surface area contributed by atoms with Crippen LogP contribution in [0.4, 0.5) is 0 Å². The molecular weight excluding hydrogens is 360 g/mol. The van der Waals surface area contributed by atoms with Crippen LogP contribution in [0.3, 0.4) is 0 Å². The summed E-state index contributed by atoms with van der Waals surface area (Å²) in [5.74, 6) is -0.0880. The minimum atomic E-state index is -0.500. The average Bonchev–Trinajstić information content (AvgIpc) is 2.68. The number of carbonyl (C=O) groups excluding carboxylic acids is 2. The lowest BCUT2D eigenvalue weighted by Crippen LogP contribution is -2.47. The third-order valence-electron chi connectivity index (χ3n) is 5.03. The van der Waals surface area contributed by atoms with Crippen LogP contribution in [0, 0.1) is 0 Å². The molecule has 0 spiro atoms. The Bertz CT molecular complexity index is 655. The molecule has 0 bridgehead atoms. The summed E-state index contributed by atoms with van der Waals surface area (Å²) < 4.78 is 0. The maximum absolute atomic E-state index is 12.6. The second kappa shape index (κ2) is 11.1. The number of hydrogen-bond acceptors (Lipinski definition) is 2. The Morgan fingerprint density at radius 1 is 1.22 bits per heavy atom. The van der Waals surface area contributed by atoms with E-state index in [-0.39, 0.29) is 11.8 Å². The Morgan fingerprint density at radius 3 is 2.59 bits per heavy atom. The first-order valence-electron chi connectivity index (χ1n) is 10.0. The Labute approximate surface area is 168 Å². The molecular formula is C22H31ClN2O2. The molecule has 1 aromatic rings. The smallest absolute Gasteiger partial charge is 0.242 e. The molecule has 1 unspecified atom stereocenters. The van der Waals surface area contributed by atoms with Crippen molar-refractivity contribution in [1.29, 1.82) is 0 Å². The van der Waals surface area contributed by atoms with Crippen molar-refractivity contribution in [1.82, 2.24) is 10.2 Å². The lowest BCUT2D eigenvalue weighted by atomic mass is 9.97. The highest BCUT2D eigenvalue weighted by Gasteiger charge is 2.25. The number of rotatable bonds is 9. The molecule has 148 valence electrons. The largest absolute Gasteiger partial charge is 0.354 e. The van der Waals surface area contributed by atoms with Crippen molar-refractivity contribution in [3.05, 3.63) is 46.5 Å². The summed E-state index contributed by atoms with van der Waals surface area (Å²) in [5, 5.41) is 3.67. The number of hydrogen-bond donors (Lipinski definition) is 1. The molecule has 1 aromatic carbocycles. The minimum absolute atomic E-state index is 0.00471. The van der Waals surface area contributed by atoms with Gasteiger partial charge in [0, 0.05) is 24.5 Å². The molecule has 0 aliphatic heterocycles. The molecule has 2 rings (SSSR count). The van der Waals surface area contributed by atoms with E-state index in [9.17, 15) is 9.59 Å². The topological polar surface area (TPSA) is 49.4 Å². The summed E-state index contributed by atoms with van der Waals surface area (Å²) in [5.41, 5.74) is 2.41. The highest BCUT2D eigenvalue weighted by molar-refractivity contribution is 6.30. The van der Waals surface area contributed by atoms with Crippen LogP contribution in [0.2, 0.25) is 5.02 Å². The fraction of sp³-hybridized carbons (Fsp3) is 0.545. The molecule has 1 aliphatic carbocycles. The zero-order valence-electron chi connectivity index (χ0n) is 16.5. The van der Waals surface area contributed by atoms with E-state index in [1.165, 1.54) is 18.4 Å². The van der Waals surface area contributed by atoms with Gasteiger partial charge in [-0.3, -0.25) is 9.59 Å². The molecule has 0 saturated carbocycles. The van der Waals surface area contributed by atoms with Gasteiger partial charge in [-0.25, -0.2) is 0 Å². The van der Waals surface area contributed by atoms with Crippen LogP contribution < -0.4 is 5.32 Å². The summed E-state index contributed by atoms with van der Waals surface area (Å²) in [6.07, 6.45) is 9.22. The molecule has 0 radical (unpaired) electrons. The van der Waals surface area contributed by atoms with Gasteiger partial charge in [-0.2, -0.15) is 0 Å². The quantitative estimate of drug-likeness (QED) is 0.612. The highest BCUT2D eigenvalue weighted by Crippen LogP contribution is 2.19. The predicted octanol–water partition coefficient (Wildman–Crippen LogP) is 4.86. The predicted molar refractivity (Wildman–Crippen MR) is 111 cm³/mol. The number of amides is 2. The van der Waals surface area contributed by atoms with E-state index in [4.69, 9.17) is 11.6 Å². The fourth-order valence-corrected chi connectivity index (χ4v) is 3.48. The van der Waals surface area contributed by atoms with Crippen LogP contribution in [0.15, 0.2) is 35.9 Å². The molecule has 0 heterocycles. The van der Waals surface area contributed by atoms with Crippen LogP contribution in [-0.4, -0.2) is 29.3 Å². The number of nitrogens with zero attached hydrogens (tertiary/aromatic N) is 1. The van der Waals surface area contributed by atoms with E-state index < -0.39 is 6.04 Å². The highest BCUT2D eigenvalue weighted by atomic mass is 35.5. The summed E-state index contributed by atoms with van der Waals surface area (Å²) in [6, 6.07) is 6.91. The fourth-order valence-electron chi connectivity index (χ4n) is 3.35. The van der Waals surface area contributed by atoms with E-state index in [0.29, 0.717) is 24.5 Å². The van der Waals surface area contributed by atoms with Gasteiger partial charge in [0.25, 0.3) is 0 Å². The summed E-state index contributed by atoms with van der Waals surface area (Å²) in [6.45, 7) is 4.82. The minimum Gasteiger partial charge on any atom is -0.354 e. The average molecular weight is 391 g/mol. The van der Waals surface area contributed by atoms with Gasteiger partial charge in [-0.1, -0.05) is 42.3 Å². The zero-order valence-corrected chi connectivity index (χ0v) is 17.2. The van der Waals surface area contributed by atoms with Crippen LogP contribution >= 0.6 is 11.6 Å². The maximum atomic E-state index is 12.6. The lowest BCUT2D eigenvalue weighted by molar-refractivity contribution is -0.140. The first kappa shape index (κ1) is 21.5. The Balaban J connectivity index is 1.95. The van der Waals surface area contributed by atoms with Crippen LogP contribution in [-0.2, 0) is 16.1 Å². The molecule has 0 fully saturated rings. The maximum Gasteiger partial charge on any atom is 0.242 e. The van der Waals surface area contributed by atoms with Gasteiger partial charge in [-0.05, 0) is 63.1 Å². The van der Waals surface area contributed by atoms with Crippen molar-refractivity contribution in [2.45, 2.75) is 71.4 Å². The van der Waals surface area contributed by atoms with Crippen LogP contribution in [0.5, 0.6) is 0 Å². The zero-order chi connectivity index (χ0) is 19.6. The molecule has 0 aromatic heterocycles. The van der Waals surface area contributed by atoms with Gasteiger partial charge in [0.1, 0.15) is 6.04 Å². The summed E-state index contributed by atoms with van der Waals surface area (Å²) in [7, 11) is 0. The van der Waals surface area contributed by atoms with E-state index >= 15 is 0 Å². The molecule has 0 saturated heterocycles. The van der Waals surface area contributed by atoms with Crippen molar-refractivity contribution < 1.29 is 9.59 Å². The SMILES string of the molecule is CCCC(=O)N(Cc1ccc(Cl)cc1)C(C)C(=O)NCCC1=CCCCC1. The van der Waals surface area contributed by atoms with Crippen molar-refractivity contribution in [2.75, 3.05) is 6.54 Å². The van der Waals surface area contributed by atoms with Crippen molar-refractivity contribution in [3.63, 3.8) is 0 Å². The first-order chi connectivity index (χ1) is 13.0. The van der Waals surface area contributed by atoms with Gasteiger partial charge in [0.2, 0.25) is 11.8 Å². The normalized spacial score (nSPS) is 15.0. The number of allylic oxidation sites excluding steroid dienone is 1. The first-order valence-corrected chi connectivity index (χ1v) is 10.4. The van der Waals surface area contributed by atoms with Crippen LogP contribution in [0.1, 0.15) is 64.4 Å². The van der Waals surface area contributed by atoms with E-state index in [1.807, 2.05) is 31.2 Å². The molecule has 27 heavy (non-hydrogen) atoms. The monoisotopic (exact) mass is 390 g/mol. The third kappa shape index (κ3) is 7.02. The van der Waals surface area contributed by atoms with Crippen LogP contribution in [0.25, 0.3) is 0 Å². The second-order valence-corrected chi connectivity index (χ2v) is 7.66. The molecule has 1 N–H and O–H groups in total. The van der Waals surface area contributed by atoms with Gasteiger partial charge in [-0.15, -0.1) is 0 Å². The number of benzene rings is 1. The van der Waals surface area contributed by atoms with Crippen molar-refractivity contribution in [3.8, 4) is 0 Å². The van der Waals surface area contributed by atoms with Gasteiger partial charge >= 0.3 is 0 Å². The second-order valence-electron chi connectivity index (χ2n) is 7.22. The van der Waals surface area contributed by atoms with E-state index in [0.717, 1.165) is 31.2 Å². The molecule has 1 aliphatic rings. The van der Waals surface area contributed by atoms with E-state index in [2.05, 4.69) is 11.4 Å². The molecule has 1 atom stereocenters. The van der Waals surface area contributed by atoms with Crippen molar-refractivity contribution >= 4 is 23.4 Å². The Morgan fingerprint density at radius 2 is 1.96 bits per heavy atom. The molecule has 5 heteroatoms. The standard InChI is InChI=1S/C22H31ClN2O2/c1-3-7-21(26)25(16-19-10-12-20(23)13-11-19)17(2)22(27)24-15-14-18-8-5-4-6-9-18/h8,10-13,17H,3-7,9,14-16H2,1-2H3,(H,24,27). The number of halogens is 1. The van der Waals surface area contributed by atoms with Gasteiger partial charge in [0.15, 0.2) is 0 Å². The Kier molecular flexibility index (Phi) is 8.86. The van der Waals surface area contributed by atoms with Crippen molar-refractivity contribution in [2.24, 2.45) is 0 Å². The summed E-state index contributed by atoms with van der Waals surface area (Å²) in [4.78, 5) is 26.9. The summed E-state index contributed by atoms with van der Waals surface area (Å²) >= 11 is 5.95. The third-order valence-corrected chi connectivity index (χ3v) is 5.28. The lowest BCUT2D eigenvalue weighted by Gasteiger charge is -2.29. The van der Waals surface area contributed by atoms with E-state index in [1.54, 1.807) is 11.8 Å². The van der Waals surface area contributed by atoms with Gasteiger partial charge in [0.05, 0.1) is 0 Å². The number of carbonyl (C=O) groups is 2. The molecule has 4 nitrogen and oxygen atoms in total. The number of nitrogens with one attached hydrogen (secondary N) is 1.